The molecule has 0 radical (unpaired) electrons. The van der Waals surface area contributed by atoms with Gasteiger partial charge in [-0.25, -0.2) is 4.98 Å². The lowest BCUT2D eigenvalue weighted by atomic mass is 9.69. The summed E-state index contributed by atoms with van der Waals surface area (Å²) < 4.78 is 5.93. The fourth-order valence-corrected chi connectivity index (χ4v) is 4.42. The lowest BCUT2D eigenvalue weighted by Gasteiger charge is -2.37. The van der Waals surface area contributed by atoms with Crippen molar-refractivity contribution in [3.63, 3.8) is 0 Å². The van der Waals surface area contributed by atoms with Gasteiger partial charge < -0.3 is 15.6 Å². The molecule has 0 aromatic carbocycles. The van der Waals surface area contributed by atoms with Gasteiger partial charge in [-0.15, -0.1) is 11.3 Å². The van der Waals surface area contributed by atoms with E-state index in [9.17, 15) is 5.11 Å². The number of ether oxygens (including phenoxy) is 1. The number of aromatic nitrogens is 1. The normalized spacial score (nSPS) is 34.6. The molecule has 4 nitrogen and oxygen atoms in total. The number of aliphatic hydroxyl groups is 1. The highest BCUT2D eigenvalue weighted by Crippen LogP contribution is 2.53. The van der Waals surface area contributed by atoms with Crippen LogP contribution in [0, 0.1) is 5.41 Å². The highest BCUT2D eigenvalue weighted by Gasteiger charge is 2.56. The minimum absolute atomic E-state index is 0.0176. The van der Waals surface area contributed by atoms with E-state index in [1.165, 1.54) is 0 Å². The predicted octanol–water partition coefficient (Wildman–Crippen LogP) is 2.37. The first-order chi connectivity index (χ1) is 9.37. The van der Waals surface area contributed by atoms with E-state index in [4.69, 9.17) is 10.5 Å². The number of fused-ring (bicyclic) bond motifs is 2. The van der Waals surface area contributed by atoms with Gasteiger partial charge in [-0.2, -0.15) is 0 Å². The summed E-state index contributed by atoms with van der Waals surface area (Å²) in [6.07, 6.45) is 2.72. The van der Waals surface area contributed by atoms with Gasteiger partial charge in [-0.3, -0.25) is 0 Å². The molecule has 5 heteroatoms. The third-order valence-electron chi connectivity index (χ3n) is 4.72. The SMILES string of the molecule is CC(C)(C)c1nc(C(O)C2(CN)CC3CCC2O3)cs1. The Bertz CT molecular complexity index is 496. The molecule has 0 spiro atoms. The van der Waals surface area contributed by atoms with Crippen LogP contribution >= 0.6 is 11.3 Å². The van der Waals surface area contributed by atoms with Gasteiger partial charge in [0.25, 0.3) is 0 Å². The number of rotatable bonds is 3. The van der Waals surface area contributed by atoms with Crippen LogP contribution in [0.2, 0.25) is 0 Å². The minimum atomic E-state index is -0.616. The number of nitrogens with zero attached hydrogens (tertiary/aromatic N) is 1. The highest BCUT2D eigenvalue weighted by atomic mass is 32.1. The van der Waals surface area contributed by atoms with E-state index in [1.807, 2.05) is 5.38 Å². The number of aliphatic hydroxyl groups excluding tert-OH is 1. The van der Waals surface area contributed by atoms with Gasteiger partial charge in [0.2, 0.25) is 0 Å². The summed E-state index contributed by atoms with van der Waals surface area (Å²) in [6.45, 7) is 6.88. The molecule has 4 atom stereocenters. The van der Waals surface area contributed by atoms with Crippen molar-refractivity contribution >= 4 is 11.3 Å². The molecule has 4 unspecified atom stereocenters. The molecule has 2 aliphatic heterocycles. The second kappa shape index (κ2) is 4.77. The topological polar surface area (TPSA) is 68.4 Å². The van der Waals surface area contributed by atoms with Gasteiger partial charge in [0.1, 0.15) is 6.10 Å². The average Bonchev–Trinajstić information content (AvgIpc) is 3.11. The van der Waals surface area contributed by atoms with Gasteiger partial charge in [-0.1, -0.05) is 20.8 Å². The molecule has 20 heavy (non-hydrogen) atoms. The van der Waals surface area contributed by atoms with E-state index in [0.29, 0.717) is 6.54 Å². The maximum atomic E-state index is 10.9. The Morgan fingerprint density at radius 2 is 2.30 bits per heavy atom. The molecule has 112 valence electrons. The van der Waals surface area contributed by atoms with Crippen molar-refractivity contribution in [2.45, 2.75) is 63.8 Å². The summed E-state index contributed by atoms with van der Waals surface area (Å²) in [5.74, 6) is 0. The first-order valence-corrected chi connectivity index (χ1v) is 8.24. The Kier molecular flexibility index (Phi) is 3.44. The zero-order chi connectivity index (χ0) is 14.5. The smallest absolute Gasteiger partial charge is 0.106 e. The molecule has 2 saturated heterocycles. The summed E-state index contributed by atoms with van der Waals surface area (Å²) in [7, 11) is 0. The zero-order valence-corrected chi connectivity index (χ0v) is 13.2. The Morgan fingerprint density at radius 1 is 1.55 bits per heavy atom. The molecule has 0 saturated carbocycles. The van der Waals surface area contributed by atoms with Gasteiger partial charge in [0.15, 0.2) is 0 Å². The van der Waals surface area contributed by atoms with Gasteiger partial charge in [0, 0.05) is 22.8 Å². The summed E-state index contributed by atoms with van der Waals surface area (Å²) in [6, 6.07) is 0. The van der Waals surface area contributed by atoms with Crippen LogP contribution < -0.4 is 5.73 Å². The van der Waals surface area contributed by atoms with Crippen LogP contribution in [0.1, 0.15) is 56.8 Å². The molecular formula is C15H24N2O2S. The fourth-order valence-electron chi connectivity index (χ4n) is 3.50. The minimum Gasteiger partial charge on any atom is -0.386 e. The highest BCUT2D eigenvalue weighted by molar-refractivity contribution is 7.09. The standard InChI is InChI=1S/C15H24N2O2S/c1-14(2,3)13-17-10(7-20-13)12(18)15(8-16)6-9-4-5-11(15)19-9/h7,9,11-12,18H,4-6,8,16H2,1-3H3. The van der Waals surface area contributed by atoms with E-state index in [2.05, 4.69) is 25.8 Å². The molecule has 2 fully saturated rings. The Morgan fingerprint density at radius 3 is 2.75 bits per heavy atom. The number of hydrogen-bond donors (Lipinski definition) is 2. The summed E-state index contributed by atoms with van der Waals surface area (Å²) in [5.41, 5.74) is 6.46. The van der Waals surface area contributed by atoms with E-state index >= 15 is 0 Å². The molecule has 0 amide bonds. The molecule has 1 aromatic rings. The van der Waals surface area contributed by atoms with Crippen LogP contribution in [0.4, 0.5) is 0 Å². The largest absolute Gasteiger partial charge is 0.386 e. The van der Waals surface area contributed by atoms with Gasteiger partial charge in [-0.05, 0) is 19.3 Å². The molecule has 3 rings (SSSR count). The summed E-state index contributed by atoms with van der Waals surface area (Å²) in [4.78, 5) is 4.66. The summed E-state index contributed by atoms with van der Waals surface area (Å²) in [5, 5.41) is 13.9. The Hall–Kier alpha value is -0.490. The molecule has 0 aliphatic carbocycles. The van der Waals surface area contributed by atoms with Crippen LogP contribution in [0.25, 0.3) is 0 Å². The van der Waals surface area contributed by atoms with Crippen molar-refractivity contribution in [3.05, 3.63) is 16.1 Å². The summed E-state index contributed by atoms with van der Waals surface area (Å²) >= 11 is 1.62. The second-order valence-electron chi connectivity index (χ2n) is 7.20. The lowest BCUT2D eigenvalue weighted by Crippen LogP contribution is -2.44. The maximum Gasteiger partial charge on any atom is 0.106 e. The lowest BCUT2D eigenvalue weighted by molar-refractivity contribution is -0.0283. The Labute approximate surface area is 124 Å². The van der Waals surface area contributed by atoms with Gasteiger partial charge in [0.05, 0.1) is 22.9 Å². The number of hydrogen-bond acceptors (Lipinski definition) is 5. The number of thiazole rings is 1. The second-order valence-corrected chi connectivity index (χ2v) is 8.05. The van der Waals surface area contributed by atoms with Crippen molar-refractivity contribution in [2.24, 2.45) is 11.1 Å². The number of nitrogens with two attached hydrogens (primary N) is 1. The van der Waals surface area contributed by atoms with E-state index in [-0.39, 0.29) is 23.0 Å². The van der Waals surface area contributed by atoms with Crippen molar-refractivity contribution in [3.8, 4) is 0 Å². The van der Waals surface area contributed by atoms with Gasteiger partial charge >= 0.3 is 0 Å². The van der Waals surface area contributed by atoms with Crippen LogP contribution in [-0.2, 0) is 10.2 Å². The molecule has 1 aromatic heterocycles. The monoisotopic (exact) mass is 296 g/mol. The molecule has 3 heterocycles. The third-order valence-corrected chi connectivity index (χ3v) is 6.01. The predicted molar refractivity (Wildman–Crippen MR) is 79.8 cm³/mol. The molecule has 2 aliphatic rings. The van der Waals surface area contributed by atoms with E-state index in [0.717, 1.165) is 30.0 Å². The Balaban J connectivity index is 1.88. The van der Waals surface area contributed by atoms with Crippen molar-refractivity contribution in [1.82, 2.24) is 4.98 Å². The van der Waals surface area contributed by atoms with E-state index in [1.54, 1.807) is 11.3 Å². The molecular weight excluding hydrogens is 272 g/mol. The fraction of sp³-hybridized carbons (Fsp3) is 0.800. The van der Waals surface area contributed by atoms with Crippen molar-refractivity contribution in [1.29, 1.82) is 0 Å². The maximum absolute atomic E-state index is 10.9. The quantitative estimate of drug-likeness (QED) is 0.898. The average molecular weight is 296 g/mol. The van der Waals surface area contributed by atoms with Crippen LogP contribution in [0.5, 0.6) is 0 Å². The first-order valence-electron chi connectivity index (χ1n) is 7.36. The van der Waals surface area contributed by atoms with Crippen LogP contribution in [0.15, 0.2) is 5.38 Å². The van der Waals surface area contributed by atoms with E-state index < -0.39 is 6.10 Å². The van der Waals surface area contributed by atoms with Crippen LogP contribution in [0.3, 0.4) is 0 Å². The first kappa shape index (κ1) is 14.4. The zero-order valence-electron chi connectivity index (χ0n) is 12.4. The van der Waals surface area contributed by atoms with Crippen LogP contribution in [-0.4, -0.2) is 28.8 Å². The van der Waals surface area contributed by atoms with Crippen molar-refractivity contribution in [2.75, 3.05) is 6.54 Å². The molecule has 2 bridgehead atoms. The van der Waals surface area contributed by atoms with Crippen molar-refractivity contribution < 1.29 is 9.84 Å². The third kappa shape index (κ3) is 2.11. The molecule has 3 N–H and O–H groups in total.